The highest BCUT2D eigenvalue weighted by molar-refractivity contribution is 6.62. The van der Waals surface area contributed by atoms with Crippen LogP contribution in [0, 0.1) is 0 Å². The van der Waals surface area contributed by atoms with Crippen molar-refractivity contribution in [2.24, 2.45) is 5.10 Å². The van der Waals surface area contributed by atoms with Gasteiger partial charge in [-0.1, -0.05) is 114 Å². The molecule has 0 fully saturated rings. The van der Waals surface area contributed by atoms with E-state index >= 15 is 0 Å². The molecule has 0 N–H and O–H groups in total. The molecule has 0 bridgehead atoms. The number of hydrogen-bond acceptors (Lipinski definition) is 2. The van der Waals surface area contributed by atoms with Gasteiger partial charge in [0.25, 0.3) is 7.41 Å². The fraction of sp³-hybridized carbons (Fsp3) is 0.0952. The quantitative estimate of drug-likeness (QED) is 0.321. The van der Waals surface area contributed by atoms with Crippen molar-refractivity contribution in [3.05, 3.63) is 91.0 Å². The Kier molecular flexibility index (Phi) is 6.77. The molecule has 0 aliphatic heterocycles. The van der Waals surface area contributed by atoms with Crippen molar-refractivity contribution in [3.8, 4) is 0 Å². The smallest absolute Gasteiger partial charge is 0.291 e. The van der Waals surface area contributed by atoms with Crippen molar-refractivity contribution >= 4 is 45.1 Å². The maximum Gasteiger partial charge on any atom is 0.291 e. The molecule has 0 aliphatic rings. The summed E-state index contributed by atoms with van der Waals surface area (Å²) in [7, 11) is 2.80. The maximum absolute atomic E-state index is 4.38. The molecule has 3 rings (SSSR count). The zero-order chi connectivity index (χ0) is 18.0. The van der Waals surface area contributed by atoms with Crippen molar-refractivity contribution in [2.45, 2.75) is 12.3 Å². The first-order valence-electron chi connectivity index (χ1n) is 9.20. The van der Waals surface area contributed by atoms with E-state index in [9.17, 15) is 0 Å². The van der Waals surface area contributed by atoms with Gasteiger partial charge in [-0.25, -0.2) is 5.10 Å². The zero-order valence-electron chi connectivity index (χ0n) is 15.2. The molecule has 3 aromatic rings. The summed E-state index contributed by atoms with van der Waals surface area (Å²) in [6.07, 6.45) is 1.05. The van der Waals surface area contributed by atoms with Crippen LogP contribution in [0.25, 0.3) is 0 Å². The lowest BCUT2D eigenvalue weighted by Gasteiger charge is -2.29. The normalized spacial score (nSPS) is 11.2. The average molecular weight is 336 g/mol. The van der Waals surface area contributed by atoms with Crippen LogP contribution in [0.5, 0.6) is 0 Å². The Morgan fingerprint density at radius 3 is 1.77 bits per heavy atom. The van der Waals surface area contributed by atoms with E-state index in [2.05, 4.69) is 102 Å². The number of hydrogen-bond donors (Lipinski definition) is 0. The van der Waals surface area contributed by atoms with Crippen LogP contribution in [0.15, 0.2) is 96.1 Å². The summed E-state index contributed by atoms with van der Waals surface area (Å²) in [4.78, 5) is 2.14. The minimum atomic E-state index is 0.315. The maximum atomic E-state index is 4.38. The standard InChI is InChI=1S/C21H23B3N2/c1-25-26(24-20-15-9-4-10-16-20)21(23-19-13-7-3-8-14-19)17-22-18-11-5-2-6-12-18/h2-16,21-24H,1,17H2. The average Bonchev–Trinajstić information content (AvgIpc) is 2.72. The molecule has 5 heteroatoms. The first kappa shape index (κ1) is 18.1. The molecule has 3 aromatic carbocycles. The minimum Gasteiger partial charge on any atom is -0.344 e. The predicted octanol–water partition coefficient (Wildman–Crippen LogP) is 0.849. The van der Waals surface area contributed by atoms with Crippen LogP contribution in [-0.4, -0.2) is 39.6 Å². The highest BCUT2D eigenvalue weighted by Gasteiger charge is 2.20. The van der Waals surface area contributed by atoms with Crippen molar-refractivity contribution in [1.82, 2.24) is 4.92 Å². The van der Waals surface area contributed by atoms with E-state index in [1.165, 1.54) is 16.4 Å². The van der Waals surface area contributed by atoms with Gasteiger partial charge in [-0.05, 0) is 0 Å². The Hall–Kier alpha value is -2.68. The fourth-order valence-corrected chi connectivity index (χ4v) is 3.29. The van der Waals surface area contributed by atoms with Gasteiger partial charge in [0.1, 0.15) is 0 Å². The summed E-state index contributed by atoms with van der Waals surface area (Å²) in [5.41, 5.74) is 3.97. The molecule has 0 amide bonds. The lowest BCUT2D eigenvalue weighted by Crippen LogP contribution is -2.47. The van der Waals surface area contributed by atoms with Gasteiger partial charge < -0.3 is 4.92 Å². The summed E-state index contributed by atoms with van der Waals surface area (Å²) in [6.45, 7) is 3.85. The van der Waals surface area contributed by atoms with Crippen LogP contribution in [0.1, 0.15) is 0 Å². The van der Waals surface area contributed by atoms with E-state index in [4.69, 9.17) is 0 Å². The van der Waals surface area contributed by atoms with E-state index in [0.717, 1.165) is 28.3 Å². The number of nitrogens with zero attached hydrogens (tertiary/aromatic N) is 2. The lowest BCUT2D eigenvalue weighted by molar-refractivity contribution is 0.464. The summed E-state index contributed by atoms with van der Waals surface area (Å²) in [5.74, 6) is 0.315. The Morgan fingerprint density at radius 2 is 1.23 bits per heavy atom. The second-order valence-electron chi connectivity index (χ2n) is 6.59. The summed E-state index contributed by atoms with van der Waals surface area (Å²) in [6, 6.07) is 31.8. The van der Waals surface area contributed by atoms with Gasteiger partial charge in [0.15, 0.2) is 14.6 Å². The van der Waals surface area contributed by atoms with Crippen molar-refractivity contribution in [3.63, 3.8) is 0 Å². The summed E-state index contributed by atoms with van der Waals surface area (Å²) < 4.78 is 0. The fourth-order valence-electron chi connectivity index (χ4n) is 3.29. The Morgan fingerprint density at radius 1 is 0.731 bits per heavy atom. The highest BCUT2D eigenvalue weighted by Crippen LogP contribution is 2.04. The lowest BCUT2D eigenvalue weighted by atomic mass is 9.52. The molecule has 0 aromatic heterocycles. The Balaban J connectivity index is 1.74. The van der Waals surface area contributed by atoms with Crippen molar-refractivity contribution in [2.75, 3.05) is 0 Å². The van der Waals surface area contributed by atoms with E-state index in [1.54, 1.807) is 0 Å². The molecule has 0 radical (unpaired) electrons. The summed E-state index contributed by atoms with van der Waals surface area (Å²) in [5, 5.41) is 4.38. The Labute approximate surface area is 158 Å². The van der Waals surface area contributed by atoms with E-state index in [-0.39, 0.29) is 0 Å². The minimum absolute atomic E-state index is 0.315. The number of hydrazone groups is 1. The van der Waals surface area contributed by atoms with E-state index in [1.807, 2.05) is 6.07 Å². The van der Waals surface area contributed by atoms with Crippen LogP contribution < -0.4 is 16.4 Å². The SMILES string of the molecule is C=NN(Bc1ccccc1)C(Bc1ccccc1)CBc1ccccc1. The van der Waals surface area contributed by atoms with Gasteiger partial charge >= 0.3 is 0 Å². The molecule has 0 aliphatic carbocycles. The first-order valence-corrected chi connectivity index (χ1v) is 9.20. The number of rotatable bonds is 9. The second-order valence-corrected chi connectivity index (χ2v) is 6.59. The molecule has 1 atom stereocenters. The molecular weight excluding hydrogens is 313 g/mol. The van der Waals surface area contributed by atoms with Gasteiger partial charge in [0, 0.05) is 12.7 Å². The van der Waals surface area contributed by atoms with E-state index in [0.29, 0.717) is 5.94 Å². The van der Waals surface area contributed by atoms with Crippen LogP contribution in [0.2, 0.25) is 6.32 Å². The predicted molar refractivity (Wildman–Crippen MR) is 120 cm³/mol. The zero-order valence-corrected chi connectivity index (χ0v) is 15.2. The van der Waals surface area contributed by atoms with Crippen molar-refractivity contribution in [1.29, 1.82) is 0 Å². The molecule has 126 valence electrons. The molecular formula is C21H23B3N2. The van der Waals surface area contributed by atoms with Gasteiger partial charge in [0.2, 0.25) is 0 Å². The Bertz CT molecular complexity index is 782. The van der Waals surface area contributed by atoms with Crippen LogP contribution >= 0.6 is 0 Å². The number of benzene rings is 3. The molecule has 1 unspecified atom stereocenters. The molecule has 26 heavy (non-hydrogen) atoms. The summed E-state index contributed by atoms with van der Waals surface area (Å²) >= 11 is 0. The third kappa shape index (κ3) is 5.42. The van der Waals surface area contributed by atoms with Gasteiger partial charge in [-0.3, -0.25) is 0 Å². The third-order valence-electron chi connectivity index (χ3n) is 4.71. The second kappa shape index (κ2) is 9.72. The third-order valence-corrected chi connectivity index (χ3v) is 4.71. The van der Waals surface area contributed by atoms with Crippen LogP contribution in [0.3, 0.4) is 0 Å². The van der Waals surface area contributed by atoms with E-state index < -0.39 is 0 Å². The first-order chi connectivity index (χ1) is 12.8. The van der Waals surface area contributed by atoms with Gasteiger partial charge in [0.05, 0.1) is 0 Å². The van der Waals surface area contributed by atoms with Crippen LogP contribution in [-0.2, 0) is 0 Å². The molecule has 2 nitrogen and oxygen atoms in total. The largest absolute Gasteiger partial charge is 0.344 e. The molecule has 0 spiro atoms. The monoisotopic (exact) mass is 336 g/mol. The molecule has 0 heterocycles. The van der Waals surface area contributed by atoms with Gasteiger partial charge in [-0.15, -0.1) is 0 Å². The van der Waals surface area contributed by atoms with Crippen molar-refractivity contribution < 1.29 is 0 Å². The van der Waals surface area contributed by atoms with Crippen LogP contribution in [0.4, 0.5) is 0 Å². The highest BCUT2D eigenvalue weighted by atomic mass is 15.4. The molecule has 0 saturated carbocycles. The van der Waals surface area contributed by atoms with Gasteiger partial charge in [-0.2, -0.15) is 0 Å². The topological polar surface area (TPSA) is 15.6 Å². The molecule has 0 saturated heterocycles.